The molecule has 0 bridgehead atoms. The molecule has 8 nitrogen and oxygen atoms in total. The third-order valence-corrected chi connectivity index (χ3v) is 6.19. The quantitative estimate of drug-likeness (QED) is 0.355. The van der Waals surface area contributed by atoms with Crippen LogP contribution >= 0.6 is 11.3 Å². The number of nitrogens with one attached hydrogen (secondary N) is 1. The van der Waals surface area contributed by atoms with Crippen LogP contribution in [0.2, 0.25) is 0 Å². The molecule has 2 heterocycles. The van der Waals surface area contributed by atoms with Gasteiger partial charge in [0.25, 0.3) is 11.6 Å². The van der Waals surface area contributed by atoms with Gasteiger partial charge in [0, 0.05) is 22.6 Å². The van der Waals surface area contributed by atoms with Gasteiger partial charge in [-0.05, 0) is 55.5 Å². The van der Waals surface area contributed by atoms with Gasteiger partial charge in [0.05, 0.1) is 17.6 Å². The van der Waals surface area contributed by atoms with E-state index in [0.29, 0.717) is 21.9 Å². The van der Waals surface area contributed by atoms with Gasteiger partial charge in [0.15, 0.2) is 5.76 Å². The molecule has 1 amide bonds. The lowest BCUT2D eigenvalue weighted by molar-refractivity contribution is -0.384. The fourth-order valence-corrected chi connectivity index (χ4v) is 4.77. The Balaban J connectivity index is 1.57. The third-order valence-electron chi connectivity index (χ3n) is 4.98. The number of methoxy groups -OCH3 is 1. The number of carbonyl (C=O) groups is 2. The van der Waals surface area contributed by atoms with E-state index in [1.807, 2.05) is 0 Å². The number of nitro benzene ring substituents is 1. The predicted octanol–water partition coefficient (Wildman–Crippen LogP) is 4.83. The van der Waals surface area contributed by atoms with Gasteiger partial charge >= 0.3 is 5.97 Å². The lowest BCUT2D eigenvalue weighted by Gasteiger charge is -2.11. The standard InChI is InChI=1S/C21H18N2O6S/c1-28-21(25)18-14-4-2-3-5-17(14)30-20(18)22-19(24)16-11-10-15(29-16)12-6-8-13(9-7-12)23(26)27/h6-11H,2-5H2,1H3,(H,22,24). The van der Waals surface area contributed by atoms with Gasteiger partial charge in [-0.2, -0.15) is 0 Å². The number of anilines is 1. The van der Waals surface area contributed by atoms with Crippen LogP contribution in [0.4, 0.5) is 10.7 Å². The van der Waals surface area contributed by atoms with Crippen molar-refractivity contribution in [3.8, 4) is 11.3 Å². The van der Waals surface area contributed by atoms with E-state index in [0.717, 1.165) is 36.1 Å². The Bertz CT molecular complexity index is 1130. The summed E-state index contributed by atoms with van der Waals surface area (Å²) in [7, 11) is 1.32. The molecule has 0 saturated heterocycles. The Morgan fingerprint density at radius 2 is 1.87 bits per heavy atom. The van der Waals surface area contributed by atoms with E-state index in [1.54, 1.807) is 18.2 Å². The van der Waals surface area contributed by atoms with Crippen molar-refractivity contribution in [2.45, 2.75) is 25.7 Å². The Labute approximate surface area is 175 Å². The summed E-state index contributed by atoms with van der Waals surface area (Å²) in [4.78, 5) is 36.5. The number of nitro groups is 1. The monoisotopic (exact) mass is 426 g/mol. The third kappa shape index (κ3) is 3.71. The van der Waals surface area contributed by atoms with Crippen LogP contribution in [0.15, 0.2) is 40.8 Å². The number of carbonyl (C=O) groups excluding carboxylic acids is 2. The highest BCUT2D eigenvalue weighted by Crippen LogP contribution is 2.39. The van der Waals surface area contributed by atoms with Crippen LogP contribution in [0.5, 0.6) is 0 Å². The van der Waals surface area contributed by atoms with E-state index in [4.69, 9.17) is 9.15 Å². The van der Waals surface area contributed by atoms with Crippen LogP contribution in [0.3, 0.4) is 0 Å². The van der Waals surface area contributed by atoms with E-state index >= 15 is 0 Å². The Morgan fingerprint density at radius 1 is 1.13 bits per heavy atom. The molecule has 0 radical (unpaired) electrons. The average Bonchev–Trinajstić information content (AvgIpc) is 3.38. The van der Waals surface area contributed by atoms with Crippen molar-refractivity contribution < 1.29 is 23.7 Å². The first-order valence-corrected chi connectivity index (χ1v) is 10.2. The first-order chi connectivity index (χ1) is 14.5. The summed E-state index contributed by atoms with van der Waals surface area (Å²) in [6.07, 6.45) is 3.72. The van der Waals surface area contributed by atoms with E-state index in [-0.39, 0.29) is 11.4 Å². The number of furan rings is 1. The number of hydrogen-bond acceptors (Lipinski definition) is 7. The van der Waals surface area contributed by atoms with Crippen LogP contribution in [-0.4, -0.2) is 23.9 Å². The highest BCUT2D eigenvalue weighted by atomic mass is 32.1. The molecule has 154 valence electrons. The summed E-state index contributed by atoms with van der Waals surface area (Å²) in [6, 6.07) is 9.00. The van der Waals surface area contributed by atoms with Crippen molar-refractivity contribution >= 4 is 33.9 Å². The first-order valence-electron chi connectivity index (χ1n) is 9.37. The second-order valence-corrected chi connectivity index (χ2v) is 7.93. The summed E-state index contributed by atoms with van der Waals surface area (Å²) in [5.41, 5.74) is 1.97. The van der Waals surface area contributed by atoms with E-state index in [2.05, 4.69) is 5.32 Å². The average molecular weight is 426 g/mol. The minimum atomic E-state index is -0.482. The van der Waals surface area contributed by atoms with Crippen LogP contribution in [0.25, 0.3) is 11.3 Å². The number of benzene rings is 1. The van der Waals surface area contributed by atoms with Crippen molar-refractivity contribution in [3.05, 3.63) is 68.3 Å². The van der Waals surface area contributed by atoms with Crippen molar-refractivity contribution in [1.82, 2.24) is 0 Å². The van der Waals surface area contributed by atoms with Crippen molar-refractivity contribution in [2.24, 2.45) is 0 Å². The van der Waals surface area contributed by atoms with Crippen LogP contribution in [-0.2, 0) is 17.6 Å². The molecule has 0 aliphatic heterocycles. The van der Waals surface area contributed by atoms with E-state index in [1.165, 1.54) is 36.6 Å². The summed E-state index contributed by atoms with van der Waals surface area (Å²) >= 11 is 1.40. The molecule has 30 heavy (non-hydrogen) atoms. The molecular formula is C21H18N2O6S. The normalized spacial score (nSPS) is 12.8. The Morgan fingerprint density at radius 3 is 2.57 bits per heavy atom. The minimum absolute atomic E-state index is 0.0275. The second kappa shape index (κ2) is 8.11. The highest BCUT2D eigenvalue weighted by Gasteiger charge is 2.27. The molecule has 0 unspecified atom stereocenters. The van der Waals surface area contributed by atoms with Gasteiger partial charge in [-0.1, -0.05) is 0 Å². The fourth-order valence-electron chi connectivity index (χ4n) is 3.50. The van der Waals surface area contributed by atoms with Crippen LogP contribution in [0.1, 0.15) is 44.2 Å². The summed E-state index contributed by atoms with van der Waals surface area (Å²) in [5, 5.41) is 14.0. The Kier molecular flexibility index (Phi) is 5.37. The molecular weight excluding hydrogens is 408 g/mol. The summed E-state index contributed by atoms with van der Waals surface area (Å²) in [5.74, 6) is -0.457. The number of nitrogens with zero attached hydrogens (tertiary/aromatic N) is 1. The SMILES string of the molecule is COC(=O)c1c(NC(=O)c2ccc(-c3ccc([N+](=O)[O-])cc3)o2)sc2c1CCCC2. The smallest absolute Gasteiger partial charge is 0.341 e. The van der Waals surface area contributed by atoms with Crippen molar-refractivity contribution in [1.29, 1.82) is 0 Å². The maximum Gasteiger partial charge on any atom is 0.341 e. The number of thiophene rings is 1. The topological polar surface area (TPSA) is 112 Å². The zero-order valence-electron chi connectivity index (χ0n) is 16.1. The fraction of sp³-hybridized carbons (Fsp3) is 0.238. The maximum atomic E-state index is 12.7. The molecule has 0 saturated carbocycles. The predicted molar refractivity (Wildman–Crippen MR) is 111 cm³/mol. The minimum Gasteiger partial charge on any atom is -0.465 e. The molecule has 1 N–H and O–H groups in total. The van der Waals surface area contributed by atoms with E-state index < -0.39 is 16.8 Å². The van der Waals surface area contributed by atoms with E-state index in [9.17, 15) is 19.7 Å². The zero-order valence-corrected chi connectivity index (χ0v) is 16.9. The molecule has 3 aromatic rings. The molecule has 1 aliphatic carbocycles. The molecule has 1 aliphatic rings. The number of aryl methyl sites for hydroxylation is 1. The molecule has 1 aromatic carbocycles. The zero-order chi connectivity index (χ0) is 21.3. The number of ether oxygens (including phenoxy) is 1. The van der Waals surface area contributed by atoms with Gasteiger partial charge < -0.3 is 14.5 Å². The van der Waals surface area contributed by atoms with Gasteiger partial charge in [-0.25, -0.2) is 4.79 Å². The molecule has 4 rings (SSSR count). The number of rotatable bonds is 5. The lowest BCUT2D eigenvalue weighted by atomic mass is 9.95. The largest absolute Gasteiger partial charge is 0.465 e. The maximum absolute atomic E-state index is 12.7. The Hall–Kier alpha value is -3.46. The van der Waals surface area contributed by atoms with Gasteiger partial charge in [0.1, 0.15) is 10.8 Å². The number of non-ortho nitro benzene ring substituents is 1. The summed E-state index contributed by atoms with van der Waals surface area (Å²) in [6.45, 7) is 0. The lowest BCUT2D eigenvalue weighted by Crippen LogP contribution is -2.14. The van der Waals surface area contributed by atoms with Crippen LogP contribution in [0, 0.1) is 10.1 Å². The van der Waals surface area contributed by atoms with Gasteiger partial charge in [-0.15, -0.1) is 11.3 Å². The highest BCUT2D eigenvalue weighted by molar-refractivity contribution is 7.17. The molecule has 2 aromatic heterocycles. The molecule has 0 spiro atoms. The molecule has 9 heteroatoms. The van der Waals surface area contributed by atoms with Crippen molar-refractivity contribution in [3.63, 3.8) is 0 Å². The van der Waals surface area contributed by atoms with Gasteiger partial charge in [0.2, 0.25) is 0 Å². The molecule has 0 fully saturated rings. The summed E-state index contributed by atoms with van der Waals surface area (Å²) < 4.78 is 10.6. The molecule has 0 atom stereocenters. The first kappa shape index (κ1) is 19.8. The second-order valence-electron chi connectivity index (χ2n) is 6.83. The number of hydrogen-bond donors (Lipinski definition) is 1. The van der Waals surface area contributed by atoms with Crippen LogP contribution < -0.4 is 5.32 Å². The number of amides is 1. The number of esters is 1. The van der Waals surface area contributed by atoms with Crippen molar-refractivity contribution in [2.75, 3.05) is 12.4 Å². The van der Waals surface area contributed by atoms with Gasteiger partial charge in [-0.3, -0.25) is 14.9 Å². The number of fused-ring (bicyclic) bond motifs is 1.